The number of hydrogen-bond donors (Lipinski definition) is 0. The molecule has 1 aliphatic rings. The fourth-order valence-corrected chi connectivity index (χ4v) is 2.70. The molecule has 1 fully saturated rings. The second-order valence-corrected chi connectivity index (χ2v) is 5.49. The van der Waals surface area contributed by atoms with E-state index >= 15 is 0 Å². The Balaban J connectivity index is 1.76. The lowest BCUT2D eigenvalue weighted by Crippen LogP contribution is -2.49. The second-order valence-electron chi connectivity index (χ2n) is 5.49. The Bertz CT molecular complexity index is 388. The minimum atomic E-state index is 0.409. The van der Waals surface area contributed by atoms with E-state index < -0.39 is 0 Å². The molecule has 0 bridgehead atoms. The predicted octanol–water partition coefficient (Wildman–Crippen LogP) is 1.52. The van der Waals surface area contributed by atoms with Gasteiger partial charge < -0.3 is 9.26 Å². The molecule has 2 rings (SSSR count). The smallest absolute Gasteiger partial charge is 0.240 e. The van der Waals surface area contributed by atoms with Crippen molar-refractivity contribution in [2.45, 2.75) is 45.9 Å². The highest BCUT2D eigenvalue weighted by Crippen LogP contribution is 2.12. The fraction of sp³-hybridized carbons (Fsp3) is 0.857. The Morgan fingerprint density at radius 2 is 2.05 bits per heavy atom. The molecule has 20 heavy (non-hydrogen) atoms. The largest absolute Gasteiger partial charge is 0.377 e. The van der Waals surface area contributed by atoms with Crippen molar-refractivity contribution in [3.05, 3.63) is 11.7 Å². The van der Waals surface area contributed by atoms with E-state index in [9.17, 15) is 0 Å². The summed E-state index contributed by atoms with van der Waals surface area (Å²) in [7, 11) is 1.63. The normalized spacial score (nSPS) is 19.4. The summed E-state index contributed by atoms with van der Waals surface area (Å²) >= 11 is 0. The van der Waals surface area contributed by atoms with Gasteiger partial charge in [0.2, 0.25) is 5.89 Å². The van der Waals surface area contributed by atoms with Crippen molar-refractivity contribution in [2.24, 2.45) is 0 Å². The van der Waals surface area contributed by atoms with Crippen LogP contribution in [0.3, 0.4) is 0 Å². The molecule has 0 aliphatic carbocycles. The van der Waals surface area contributed by atoms with Gasteiger partial charge in [0.25, 0.3) is 0 Å². The SMILES string of the molecule is CCCC(C)N1CCN(Cc2nc(COC)no2)CC1. The van der Waals surface area contributed by atoms with Crippen LogP contribution in [0.2, 0.25) is 0 Å². The van der Waals surface area contributed by atoms with Gasteiger partial charge in [-0.1, -0.05) is 18.5 Å². The number of aromatic nitrogens is 2. The van der Waals surface area contributed by atoms with Crippen molar-refractivity contribution in [2.75, 3.05) is 33.3 Å². The molecular formula is C14H26N4O2. The van der Waals surface area contributed by atoms with Crippen molar-refractivity contribution in [3.63, 3.8) is 0 Å². The third-order valence-corrected chi connectivity index (χ3v) is 3.88. The van der Waals surface area contributed by atoms with E-state index in [4.69, 9.17) is 9.26 Å². The van der Waals surface area contributed by atoms with Crippen LogP contribution in [0.1, 0.15) is 38.4 Å². The maximum atomic E-state index is 5.24. The van der Waals surface area contributed by atoms with Crippen molar-refractivity contribution in [3.8, 4) is 0 Å². The van der Waals surface area contributed by atoms with Crippen LogP contribution in [-0.2, 0) is 17.9 Å². The van der Waals surface area contributed by atoms with Crippen LogP contribution in [0.15, 0.2) is 4.52 Å². The molecule has 1 aromatic heterocycles. The van der Waals surface area contributed by atoms with Crippen LogP contribution in [0.4, 0.5) is 0 Å². The number of ether oxygens (including phenoxy) is 1. The molecule has 0 aromatic carbocycles. The molecule has 6 heteroatoms. The van der Waals surface area contributed by atoms with Gasteiger partial charge in [-0.25, -0.2) is 0 Å². The molecule has 1 unspecified atom stereocenters. The Kier molecular flexibility index (Phi) is 5.94. The Morgan fingerprint density at radius 1 is 1.30 bits per heavy atom. The Hall–Kier alpha value is -0.980. The van der Waals surface area contributed by atoms with Crippen LogP contribution >= 0.6 is 0 Å². The van der Waals surface area contributed by atoms with Gasteiger partial charge in [0.05, 0.1) is 6.54 Å². The Labute approximate surface area is 121 Å². The number of rotatable bonds is 7. The summed E-state index contributed by atoms with van der Waals surface area (Å²) < 4.78 is 10.2. The highest BCUT2D eigenvalue weighted by atomic mass is 16.5. The Morgan fingerprint density at radius 3 is 2.70 bits per heavy atom. The maximum absolute atomic E-state index is 5.24. The third-order valence-electron chi connectivity index (χ3n) is 3.88. The zero-order valence-corrected chi connectivity index (χ0v) is 12.8. The molecule has 0 spiro atoms. The number of piperazine rings is 1. The molecule has 0 N–H and O–H groups in total. The molecule has 0 saturated carbocycles. The van der Waals surface area contributed by atoms with Gasteiger partial charge in [0.1, 0.15) is 6.61 Å². The molecule has 1 aliphatic heterocycles. The van der Waals surface area contributed by atoms with Crippen LogP contribution in [-0.4, -0.2) is 59.3 Å². The van der Waals surface area contributed by atoms with E-state index in [0.717, 1.165) is 32.7 Å². The summed E-state index contributed by atoms with van der Waals surface area (Å²) in [6.07, 6.45) is 2.54. The number of nitrogens with zero attached hydrogens (tertiary/aromatic N) is 4. The summed E-state index contributed by atoms with van der Waals surface area (Å²) in [6.45, 7) is 10.1. The minimum absolute atomic E-state index is 0.409. The average Bonchev–Trinajstić information content (AvgIpc) is 2.88. The molecular weight excluding hydrogens is 256 g/mol. The van der Waals surface area contributed by atoms with Crippen LogP contribution in [0.5, 0.6) is 0 Å². The highest BCUT2D eigenvalue weighted by Gasteiger charge is 2.21. The molecule has 0 amide bonds. The predicted molar refractivity (Wildman–Crippen MR) is 76.2 cm³/mol. The third kappa shape index (κ3) is 4.26. The van der Waals surface area contributed by atoms with E-state index in [-0.39, 0.29) is 0 Å². The zero-order valence-electron chi connectivity index (χ0n) is 12.8. The summed E-state index contributed by atoms with van der Waals surface area (Å²) in [6, 6.07) is 0.693. The van der Waals surface area contributed by atoms with Gasteiger partial charge in [0, 0.05) is 39.3 Å². The van der Waals surface area contributed by atoms with Crippen molar-refractivity contribution in [1.29, 1.82) is 0 Å². The van der Waals surface area contributed by atoms with Crippen LogP contribution < -0.4 is 0 Å². The molecule has 6 nitrogen and oxygen atoms in total. The fourth-order valence-electron chi connectivity index (χ4n) is 2.70. The lowest BCUT2D eigenvalue weighted by molar-refractivity contribution is 0.0873. The average molecular weight is 282 g/mol. The summed E-state index contributed by atoms with van der Waals surface area (Å²) in [5.41, 5.74) is 0. The zero-order chi connectivity index (χ0) is 14.4. The van der Waals surface area contributed by atoms with Gasteiger partial charge in [-0.05, 0) is 13.3 Å². The first kappa shape index (κ1) is 15.4. The van der Waals surface area contributed by atoms with E-state index in [0.29, 0.717) is 24.4 Å². The highest BCUT2D eigenvalue weighted by molar-refractivity contribution is 4.86. The van der Waals surface area contributed by atoms with Crippen molar-refractivity contribution in [1.82, 2.24) is 19.9 Å². The monoisotopic (exact) mass is 282 g/mol. The molecule has 1 saturated heterocycles. The summed E-state index contributed by atoms with van der Waals surface area (Å²) in [4.78, 5) is 9.27. The first-order chi connectivity index (χ1) is 9.72. The molecule has 1 atom stereocenters. The summed E-state index contributed by atoms with van der Waals surface area (Å²) in [5.74, 6) is 1.31. The lowest BCUT2D eigenvalue weighted by Gasteiger charge is -2.37. The molecule has 1 aromatic rings. The van der Waals surface area contributed by atoms with Crippen molar-refractivity contribution < 1.29 is 9.26 Å². The van der Waals surface area contributed by atoms with Gasteiger partial charge in [-0.3, -0.25) is 9.80 Å². The first-order valence-corrected chi connectivity index (χ1v) is 7.49. The van der Waals surface area contributed by atoms with E-state index in [2.05, 4.69) is 33.8 Å². The summed E-state index contributed by atoms with van der Waals surface area (Å²) in [5, 5.41) is 3.89. The van der Waals surface area contributed by atoms with Crippen LogP contribution in [0, 0.1) is 0 Å². The van der Waals surface area contributed by atoms with Gasteiger partial charge in [-0.2, -0.15) is 4.98 Å². The van der Waals surface area contributed by atoms with E-state index in [1.807, 2.05) is 0 Å². The van der Waals surface area contributed by atoms with Gasteiger partial charge >= 0.3 is 0 Å². The molecule has 2 heterocycles. The van der Waals surface area contributed by atoms with Gasteiger partial charge in [0.15, 0.2) is 5.82 Å². The standard InChI is InChI=1S/C14H26N4O2/c1-4-5-12(2)18-8-6-17(7-9-18)10-14-15-13(11-19-3)16-20-14/h12H,4-11H2,1-3H3. The lowest BCUT2D eigenvalue weighted by atomic mass is 10.1. The van der Waals surface area contributed by atoms with E-state index in [1.54, 1.807) is 7.11 Å². The number of methoxy groups -OCH3 is 1. The van der Waals surface area contributed by atoms with Crippen LogP contribution in [0.25, 0.3) is 0 Å². The minimum Gasteiger partial charge on any atom is -0.377 e. The quantitative estimate of drug-likeness (QED) is 0.756. The second kappa shape index (κ2) is 7.71. The molecule has 114 valence electrons. The molecule has 0 radical (unpaired) electrons. The topological polar surface area (TPSA) is 54.6 Å². The number of hydrogen-bond acceptors (Lipinski definition) is 6. The van der Waals surface area contributed by atoms with Crippen molar-refractivity contribution >= 4 is 0 Å². The first-order valence-electron chi connectivity index (χ1n) is 7.49. The maximum Gasteiger partial charge on any atom is 0.240 e. The van der Waals surface area contributed by atoms with Gasteiger partial charge in [-0.15, -0.1) is 0 Å². The van der Waals surface area contributed by atoms with E-state index in [1.165, 1.54) is 12.8 Å².